The van der Waals surface area contributed by atoms with Crippen molar-refractivity contribution in [2.24, 2.45) is 17.8 Å². The Hall–Kier alpha value is -3.50. The van der Waals surface area contributed by atoms with Crippen molar-refractivity contribution >= 4 is 23.7 Å². The van der Waals surface area contributed by atoms with E-state index in [0.29, 0.717) is 25.9 Å². The molecular formula is C35H47N3O7. The molecule has 0 radical (unpaired) electrons. The maximum Gasteiger partial charge on any atom is 0.306 e. The third-order valence-electron chi connectivity index (χ3n) is 9.97. The van der Waals surface area contributed by atoms with Gasteiger partial charge >= 0.3 is 5.97 Å². The Morgan fingerprint density at radius 2 is 1.84 bits per heavy atom. The minimum atomic E-state index is -1.34. The monoisotopic (exact) mass is 621 g/mol. The summed E-state index contributed by atoms with van der Waals surface area (Å²) in [4.78, 5) is 59.4. The van der Waals surface area contributed by atoms with Crippen molar-refractivity contribution in [1.82, 2.24) is 15.1 Å². The van der Waals surface area contributed by atoms with Gasteiger partial charge in [-0.05, 0) is 24.3 Å². The molecule has 5 rings (SSSR count). The van der Waals surface area contributed by atoms with Gasteiger partial charge in [-0.3, -0.25) is 19.2 Å². The van der Waals surface area contributed by atoms with E-state index in [-0.39, 0.29) is 43.3 Å². The molecule has 4 aliphatic heterocycles. The molecule has 4 heterocycles. The van der Waals surface area contributed by atoms with Crippen LogP contribution in [0, 0.1) is 17.8 Å². The number of cyclic esters (lactones) is 1. The number of aliphatic hydroxyl groups excluding tert-OH is 1. The maximum atomic E-state index is 14.7. The third kappa shape index (κ3) is 6.31. The second-order valence-electron chi connectivity index (χ2n) is 12.7. The molecule has 3 amide bonds. The summed E-state index contributed by atoms with van der Waals surface area (Å²) in [6.07, 6.45) is 10.7. The molecule has 244 valence electrons. The summed E-state index contributed by atoms with van der Waals surface area (Å²) < 4.78 is 12.2. The Bertz CT molecular complexity index is 1300. The lowest BCUT2D eigenvalue weighted by Crippen LogP contribution is -2.59. The number of likely N-dealkylation sites (tertiary alicyclic amines) is 1. The summed E-state index contributed by atoms with van der Waals surface area (Å²) in [5.74, 6) is -3.34. The number of esters is 1. The molecule has 10 nitrogen and oxygen atoms in total. The molecule has 4 aliphatic rings. The summed E-state index contributed by atoms with van der Waals surface area (Å²) in [5.41, 5.74) is -0.574. The third-order valence-corrected chi connectivity index (χ3v) is 9.97. The number of hydrogen-bond acceptors (Lipinski definition) is 7. The van der Waals surface area contributed by atoms with Gasteiger partial charge in [-0.15, -0.1) is 0 Å². The summed E-state index contributed by atoms with van der Waals surface area (Å²) >= 11 is 0. The van der Waals surface area contributed by atoms with Crippen LogP contribution < -0.4 is 5.32 Å². The van der Waals surface area contributed by atoms with Gasteiger partial charge in [-0.1, -0.05) is 94.7 Å². The quantitative estimate of drug-likeness (QED) is 0.246. The number of unbranched alkanes of at least 4 members (excludes halogenated alkanes) is 2. The number of fused-ring (bicyclic) bond motifs is 2. The average molecular weight is 622 g/mol. The van der Waals surface area contributed by atoms with E-state index in [4.69, 9.17) is 9.47 Å². The zero-order chi connectivity index (χ0) is 32.1. The average Bonchev–Trinajstić information content (AvgIpc) is 3.69. The Morgan fingerprint density at radius 3 is 2.56 bits per heavy atom. The first kappa shape index (κ1) is 32.9. The largest absolute Gasteiger partial charge is 0.463 e. The van der Waals surface area contributed by atoms with Crippen LogP contribution in [-0.2, 0) is 28.7 Å². The van der Waals surface area contributed by atoms with Gasteiger partial charge in [0.1, 0.15) is 18.2 Å². The first-order valence-corrected chi connectivity index (χ1v) is 16.5. The predicted molar refractivity (Wildman–Crippen MR) is 167 cm³/mol. The van der Waals surface area contributed by atoms with Crippen molar-refractivity contribution in [1.29, 1.82) is 0 Å². The Balaban J connectivity index is 1.58. The molecule has 2 saturated heterocycles. The molecule has 8 atom stereocenters. The van der Waals surface area contributed by atoms with E-state index in [1.165, 1.54) is 0 Å². The van der Waals surface area contributed by atoms with Gasteiger partial charge in [-0.2, -0.15) is 0 Å². The molecular weight excluding hydrogens is 574 g/mol. The van der Waals surface area contributed by atoms with Crippen LogP contribution in [0.2, 0.25) is 0 Å². The molecule has 2 N–H and O–H groups in total. The second-order valence-corrected chi connectivity index (χ2v) is 12.7. The highest BCUT2D eigenvalue weighted by molar-refractivity contribution is 6.00. The molecule has 10 heteroatoms. The van der Waals surface area contributed by atoms with Gasteiger partial charge < -0.3 is 29.7 Å². The summed E-state index contributed by atoms with van der Waals surface area (Å²) in [7, 11) is 0. The number of carbonyl (C=O) groups excluding carboxylic acids is 4. The molecule has 5 bridgehead atoms. The first-order valence-electron chi connectivity index (χ1n) is 16.5. The fourth-order valence-corrected chi connectivity index (χ4v) is 7.32. The van der Waals surface area contributed by atoms with Crippen molar-refractivity contribution in [3.8, 4) is 0 Å². The van der Waals surface area contributed by atoms with E-state index in [1.54, 1.807) is 15.9 Å². The van der Waals surface area contributed by atoms with Gasteiger partial charge in [0.15, 0.2) is 0 Å². The predicted octanol–water partition coefficient (Wildman–Crippen LogP) is 3.31. The second kappa shape index (κ2) is 14.3. The van der Waals surface area contributed by atoms with E-state index in [2.05, 4.69) is 12.2 Å². The van der Waals surface area contributed by atoms with Crippen LogP contribution in [-0.4, -0.2) is 88.7 Å². The standard InChI is InChI=1S/C35H47N3O7/c1-4-6-12-19-37-20-13-8-11-16-28(40)44-22-25(24-14-9-7-10-15-24)36-32(41)29-27-17-18-35(45-27)30(29)33(42)38(31(35)34(37)43)26(21-39)23(3)5-2/h7-10,13-15,17-18,23,25-27,29-31,39H,4-6,11-12,16,19-22H2,1-3H3,(H,36,41)/b13-8-/t23-,25-,26-,27-,29+,30+,31-,35+/m0/s1. The summed E-state index contributed by atoms with van der Waals surface area (Å²) in [6, 6.07) is 6.98. The maximum absolute atomic E-state index is 14.7. The number of aliphatic hydroxyl groups is 1. The molecule has 45 heavy (non-hydrogen) atoms. The highest BCUT2D eigenvalue weighted by Crippen LogP contribution is 2.56. The highest BCUT2D eigenvalue weighted by atomic mass is 16.5. The lowest BCUT2D eigenvalue weighted by atomic mass is 9.74. The summed E-state index contributed by atoms with van der Waals surface area (Å²) in [6.45, 7) is 6.47. The zero-order valence-corrected chi connectivity index (χ0v) is 26.6. The number of amides is 3. The number of benzene rings is 1. The highest BCUT2D eigenvalue weighted by Gasteiger charge is 2.74. The Labute approximate surface area is 265 Å². The van der Waals surface area contributed by atoms with Crippen LogP contribution in [0.5, 0.6) is 0 Å². The van der Waals surface area contributed by atoms with Crippen molar-refractivity contribution in [3.63, 3.8) is 0 Å². The van der Waals surface area contributed by atoms with Crippen molar-refractivity contribution in [3.05, 3.63) is 60.2 Å². The van der Waals surface area contributed by atoms with Gasteiger partial charge in [0.25, 0.3) is 0 Å². The first-order chi connectivity index (χ1) is 21.8. The fourth-order valence-electron chi connectivity index (χ4n) is 7.32. The molecule has 1 spiro atoms. The lowest BCUT2D eigenvalue weighted by molar-refractivity contribution is -0.151. The molecule has 0 saturated carbocycles. The van der Waals surface area contributed by atoms with Crippen LogP contribution in [0.1, 0.15) is 70.9 Å². The number of allylic oxidation sites excluding steroid dienone is 1. The van der Waals surface area contributed by atoms with Crippen LogP contribution in [0.4, 0.5) is 0 Å². The zero-order valence-electron chi connectivity index (χ0n) is 26.6. The number of ether oxygens (including phenoxy) is 2. The Morgan fingerprint density at radius 1 is 1.07 bits per heavy atom. The number of nitrogens with one attached hydrogen (secondary N) is 1. The number of rotatable bonds is 9. The van der Waals surface area contributed by atoms with Gasteiger partial charge in [0, 0.05) is 19.5 Å². The molecule has 0 aliphatic carbocycles. The van der Waals surface area contributed by atoms with Crippen molar-refractivity contribution in [2.75, 3.05) is 26.3 Å². The lowest BCUT2D eigenvalue weighted by Gasteiger charge is -2.40. The van der Waals surface area contributed by atoms with E-state index in [0.717, 1.165) is 24.8 Å². The van der Waals surface area contributed by atoms with Crippen LogP contribution in [0.15, 0.2) is 54.6 Å². The van der Waals surface area contributed by atoms with E-state index >= 15 is 0 Å². The Kier molecular flexibility index (Phi) is 10.4. The molecule has 0 aromatic heterocycles. The van der Waals surface area contributed by atoms with Crippen molar-refractivity contribution in [2.45, 2.75) is 89.1 Å². The number of nitrogens with zero attached hydrogens (tertiary/aromatic N) is 2. The molecule has 2 fully saturated rings. The van der Waals surface area contributed by atoms with Crippen LogP contribution in [0.3, 0.4) is 0 Å². The molecule has 1 aromatic carbocycles. The van der Waals surface area contributed by atoms with Crippen LogP contribution >= 0.6 is 0 Å². The van der Waals surface area contributed by atoms with Crippen molar-refractivity contribution < 1.29 is 33.8 Å². The van der Waals surface area contributed by atoms with E-state index in [1.807, 2.05) is 62.4 Å². The van der Waals surface area contributed by atoms with Gasteiger partial charge in [-0.25, -0.2) is 0 Å². The minimum absolute atomic E-state index is 0.0603. The smallest absolute Gasteiger partial charge is 0.306 e. The number of carbonyl (C=O) groups is 4. The topological polar surface area (TPSA) is 125 Å². The SMILES string of the molecule is CCCCCN1C/C=C\CCC(=O)OC[C@@H](c2ccccc2)NC(=O)[C@@H]2[C@@H]3C=C[C@]4(O3)[C@H](C1=O)N([C@@H](CO)[C@@H](C)CC)C(=O)[C@@H]24. The molecule has 1 aromatic rings. The normalized spacial score (nSPS) is 32.3. The van der Waals surface area contributed by atoms with Gasteiger partial charge in [0.2, 0.25) is 17.7 Å². The minimum Gasteiger partial charge on any atom is -0.463 e. The van der Waals surface area contributed by atoms with E-state index < -0.39 is 47.6 Å². The number of hydrogen-bond donors (Lipinski definition) is 2. The fraction of sp³-hybridized carbons (Fsp3) is 0.600. The van der Waals surface area contributed by atoms with Gasteiger partial charge in [0.05, 0.1) is 36.6 Å². The van der Waals surface area contributed by atoms with Crippen LogP contribution in [0.25, 0.3) is 0 Å². The summed E-state index contributed by atoms with van der Waals surface area (Å²) in [5, 5.41) is 13.7. The molecule has 0 unspecified atom stereocenters. The van der Waals surface area contributed by atoms with E-state index in [9.17, 15) is 24.3 Å².